The first kappa shape index (κ1) is 15.4. The summed E-state index contributed by atoms with van der Waals surface area (Å²) in [5, 5.41) is 9.67. The van der Waals surface area contributed by atoms with Gasteiger partial charge in [0.05, 0.1) is 17.0 Å². The molecule has 0 saturated heterocycles. The van der Waals surface area contributed by atoms with Crippen LogP contribution in [-0.4, -0.2) is 18.2 Å². The number of carbonyl (C=O) groups is 1. The number of carboxylic acids is 1. The standard InChI is InChI=1S/C16H21BrO3/c1-11-5-7-16(8-6-11,15(18)19)10-12-3-4-14(20-2)13(17)9-12/h3-4,9,11H,5-8,10H2,1-2H3,(H,18,19). The van der Waals surface area contributed by atoms with E-state index in [9.17, 15) is 9.90 Å². The van der Waals surface area contributed by atoms with Crippen molar-refractivity contribution >= 4 is 21.9 Å². The molecule has 0 atom stereocenters. The van der Waals surface area contributed by atoms with Gasteiger partial charge in [-0.05, 0) is 71.6 Å². The third-order valence-corrected chi connectivity index (χ3v) is 5.06. The summed E-state index contributed by atoms with van der Waals surface area (Å²) >= 11 is 3.46. The predicted octanol–water partition coefficient (Wildman–Crippen LogP) is 4.28. The fraction of sp³-hybridized carbons (Fsp3) is 0.562. The van der Waals surface area contributed by atoms with Gasteiger partial charge in [-0.2, -0.15) is 0 Å². The van der Waals surface area contributed by atoms with Crippen molar-refractivity contribution in [2.75, 3.05) is 7.11 Å². The van der Waals surface area contributed by atoms with E-state index in [1.165, 1.54) is 0 Å². The quantitative estimate of drug-likeness (QED) is 0.889. The zero-order chi connectivity index (χ0) is 14.8. The van der Waals surface area contributed by atoms with E-state index in [1.807, 2.05) is 18.2 Å². The molecule has 0 spiro atoms. The van der Waals surface area contributed by atoms with E-state index >= 15 is 0 Å². The van der Waals surface area contributed by atoms with Crippen LogP contribution in [0.3, 0.4) is 0 Å². The van der Waals surface area contributed by atoms with Gasteiger partial charge in [0.2, 0.25) is 0 Å². The summed E-state index contributed by atoms with van der Waals surface area (Å²) in [6, 6.07) is 5.83. The van der Waals surface area contributed by atoms with Crippen LogP contribution in [0.5, 0.6) is 5.75 Å². The van der Waals surface area contributed by atoms with Gasteiger partial charge in [0.1, 0.15) is 5.75 Å². The van der Waals surface area contributed by atoms with Gasteiger partial charge in [-0.1, -0.05) is 13.0 Å². The Morgan fingerprint density at radius 1 is 1.45 bits per heavy atom. The lowest BCUT2D eigenvalue weighted by molar-refractivity contribution is -0.151. The molecule has 1 aliphatic carbocycles. The number of ether oxygens (including phenoxy) is 1. The van der Waals surface area contributed by atoms with Crippen LogP contribution in [-0.2, 0) is 11.2 Å². The van der Waals surface area contributed by atoms with E-state index in [1.54, 1.807) is 7.11 Å². The second-order valence-corrected chi connectivity index (χ2v) is 6.77. The minimum Gasteiger partial charge on any atom is -0.496 e. The second-order valence-electron chi connectivity index (χ2n) is 5.91. The zero-order valence-corrected chi connectivity index (χ0v) is 13.6. The fourth-order valence-electron chi connectivity index (χ4n) is 2.99. The molecule has 3 nitrogen and oxygen atoms in total. The normalized spacial score (nSPS) is 26.2. The Morgan fingerprint density at radius 2 is 2.10 bits per heavy atom. The summed E-state index contributed by atoms with van der Waals surface area (Å²) in [7, 11) is 1.63. The zero-order valence-electron chi connectivity index (χ0n) is 12.0. The smallest absolute Gasteiger partial charge is 0.309 e. The van der Waals surface area contributed by atoms with Crippen LogP contribution in [0.4, 0.5) is 0 Å². The Morgan fingerprint density at radius 3 is 2.60 bits per heavy atom. The highest BCUT2D eigenvalue weighted by Gasteiger charge is 2.41. The molecular formula is C16H21BrO3. The van der Waals surface area contributed by atoms with Crippen molar-refractivity contribution in [1.29, 1.82) is 0 Å². The number of methoxy groups -OCH3 is 1. The molecule has 110 valence electrons. The molecule has 1 aromatic rings. The monoisotopic (exact) mass is 340 g/mol. The molecule has 1 N–H and O–H groups in total. The van der Waals surface area contributed by atoms with E-state index in [2.05, 4.69) is 22.9 Å². The molecule has 0 aliphatic heterocycles. The average Bonchev–Trinajstić information content (AvgIpc) is 2.41. The van der Waals surface area contributed by atoms with Gasteiger partial charge >= 0.3 is 5.97 Å². The molecule has 1 aromatic carbocycles. The molecule has 1 fully saturated rings. The Bertz CT molecular complexity index is 490. The van der Waals surface area contributed by atoms with Crippen LogP contribution in [0.2, 0.25) is 0 Å². The summed E-state index contributed by atoms with van der Waals surface area (Å²) in [6.45, 7) is 2.20. The van der Waals surface area contributed by atoms with Crippen molar-refractivity contribution in [3.8, 4) is 5.75 Å². The maximum absolute atomic E-state index is 11.8. The highest BCUT2D eigenvalue weighted by atomic mass is 79.9. The Labute approximate surface area is 128 Å². The Kier molecular flexibility index (Phi) is 4.74. The van der Waals surface area contributed by atoms with E-state index in [0.717, 1.165) is 41.5 Å². The molecule has 1 saturated carbocycles. The molecule has 0 bridgehead atoms. The first-order valence-corrected chi connectivity index (χ1v) is 7.82. The van der Waals surface area contributed by atoms with E-state index < -0.39 is 11.4 Å². The minimum atomic E-state index is -0.656. The third kappa shape index (κ3) is 3.17. The van der Waals surface area contributed by atoms with Gasteiger partial charge in [0.25, 0.3) is 0 Å². The Balaban J connectivity index is 2.20. The van der Waals surface area contributed by atoms with Crippen molar-refractivity contribution in [1.82, 2.24) is 0 Å². The highest BCUT2D eigenvalue weighted by molar-refractivity contribution is 9.10. The van der Waals surface area contributed by atoms with Gasteiger partial charge in [-0.25, -0.2) is 0 Å². The maximum atomic E-state index is 11.8. The molecule has 2 rings (SSSR count). The molecule has 1 aliphatic rings. The van der Waals surface area contributed by atoms with Crippen LogP contribution in [0.15, 0.2) is 22.7 Å². The van der Waals surface area contributed by atoms with Gasteiger partial charge < -0.3 is 9.84 Å². The van der Waals surface area contributed by atoms with E-state index in [0.29, 0.717) is 12.3 Å². The van der Waals surface area contributed by atoms with Gasteiger partial charge in [-0.15, -0.1) is 0 Å². The average molecular weight is 341 g/mol. The SMILES string of the molecule is COc1ccc(CC2(C(=O)O)CCC(C)CC2)cc1Br. The largest absolute Gasteiger partial charge is 0.496 e. The molecule has 0 amide bonds. The van der Waals surface area contributed by atoms with Crippen LogP contribution in [0, 0.1) is 11.3 Å². The Hall–Kier alpha value is -1.03. The van der Waals surface area contributed by atoms with Crippen molar-refractivity contribution in [3.05, 3.63) is 28.2 Å². The lowest BCUT2D eigenvalue weighted by atomic mass is 9.68. The van der Waals surface area contributed by atoms with Gasteiger partial charge in [-0.3, -0.25) is 4.79 Å². The van der Waals surface area contributed by atoms with Crippen molar-refractivity contribution < 1.29 is 14.6 Å². The number of benzene rings is 1. The number of carboxylic acid groups (broad SMARTS) is 1. The van der Waals surface area contributed by atoms with Gasteiger partial charge in [0, 0.05) is 0 Å². The topological polar surface area (TPSA) is 46.5 Å². The van der Waals surface area contributed by atoms with Crippen molar-refractivity contribution in [2.24, 2.45) is 11.3 Å². The number of halogens is 1. The second kappa shape index (κ2) is 6.17. The summed E-state index contributed by atoms with van der Waals surface area (Å²) in [5.74, 6) is 0.761. The van der Waals surface area contributed by atoms with Crippen LogP contribution >= 0.6 is 15.9 Å². The highest BCUT2D eigenvalue weighted by Crippen LogP contribution is 2.42. The molecule has 0 aromatic heterocycles. The minimum absolute atomic E-state index is 0.595. The van der Waals surface area contributed by atoms with Crippen molar-refractivity contribution in [3.63, 3.8) is 0 Å². The molecular weight excluding hydrogens is 320 g/mol. The van der Waals surface area contributed by atoms with Crippen molar-refractivity contribution in [2.45, 2.75) is 39.0 Å². The lowest BCUT2D eigenvalue weighted by Crippen LogP contribution is -2.37. The molecule has 0 unspecified atom stereocenters. The number of aliphatic carboxylic acids is 1. The molecule has 0 heterocycles. The molecule has 4 heteroatoms. The predicted molar refractivity (Wildman–Crippen MR) is 82.1 cm³/mol. The lowest BCUT2D eigenvalue weighted by Gasteiger charge is -2.36. The van der Waals surface area contributed by atoms with Gasteiger partial charge in [0.15, 0.2) is 0 Å². The van der Waals surface area contributed by atoms with E-state index in [-0.39, 0.29) is 0 Å². The summed E-state index contributed by atoms with van der Waals surface area (Å²) in [4.78, 5) is 11.8. The molecule has 0 radical (unpaired) electrons. The van der Waals surface area contributed by atoms with Crippen LogP contribution in [0.1, 0.15) is 38.2 Å². The van der Waals surface area contributed by atoms with Crippen LogP contribution in [0.25, 0.3) is 0 Å². The summed E-state index contributed by atoms with van der Waals surface area (Å²) < 4.78 is 6.09. The van der Waals surface area contributed by atoms with Crippen LogP contribution < -0.4 is 4.74 Å². The maximum Gasteiger partial charge on any atom is 0.309 e. The first-order valence-electron chi connectivity index (χ1n) is 7.03. The first-order chi connectivity index (χ1) is 9.47. The number of hydrogen-bond donors (Lipinski definition) is 1. The van der Waals surface area contributed by atoms with E-state index in [4.69, 9.17) is 4.74 Å². The number of hydrogen-bond acceptors (Lipinski definition) is 2. The summed E-state index contributed by atoms with van der Waals surface area (Å²) in [6.07, 6.45) is 4.14. The summed E-state index contributed by atoms with van der Waals surface area (Å²) in [5.41, 5.74) is 0.454. The fourth-order valence-corrected chi connectivity index (χ4v) is 3.58. The third-order valence-electron chi connectivity index (χ3n) is 4.44. The number of rotatable bonds is 4. The molecule has 20 heavy (non-hydrogen) atoms.